The molecule has 0 saturated carbocycles. The van der Waals surface area contributed by atoms with Crippen molar-refractivity contribution in [2.24, 2.45) is 5.92 Å². The second-order valence-corrected chi connectivity index (χ2v) is 11.0. The van der Waals surface area contributed by atoms with Gasteiger partial charge in [0.05, 0.1) is 11.4 Å². The molecule has 3 amide bonds. The number of nitrogens with one attached hydrogen (secondary N) is 1. The van der Waals surface area contributed by atoms with Gasteiger partial charge in [0, 0.05) is 45.2 Å². The minimum atomic E-state index is -3.42. The van der Waals surface area contributed by atoms with E-state index in [0.717, 1.165) is 25.9 Å². The number of amides is 3. The average Bonchev–Trinajstić information content (AvgIpc) is 3.33. The average molecular weight is 441 g/mol. The van der Waals surface area contributed by atoms with Crippen LogP contribution in [0.1, 0.15) is 38.5 Å². The van der Waals surface area contributed by atoms with Crippen LogP contribution in [-0.2, 0) is 19.6 Å². The highest BCUT2D eigenvalue weighted by atomic mass is 32.2. The molecule has 4 aliphatic rings. The molecule has 3 atom stereocenters. The largest absolute Gasteiger partial charge is 0.354 e. The molecule has 168 valence electrons. The molecule has 10 heteroatoms. The van der Waals surface area contributed by atoms with E-state index >= 15 is 0 Å². The number of fused-ring (bicyclic) bond motifs is 1. The highest BCUT2D eigenvalue weighted by molar-refractivity contribution is 7.89. The number of urea groups is 1. The summed E-state index contributed by atoms with van der Waals surface area (Å²) < 4.78 is 33.8. The summed E-state index contributed by atoms with van der Waals surface area (Å²) in [6.45, 7) is 6.80. The lowest BCUT2D eigenvalue weighted by Crippen LogP contribution is -2.51. The van der Waals surface area contributed by atoms with Gasteiger partial charge in [0.1, 0.15) is 6.23 Å². The zero-order chi connectivity index (χ0) is 21.3. The Balaban J connectivity index is 1.28. The summed E-state index contributed by atoms with van der Waals surface area (Å²) in [7, 11) is -3.42. The lowest BCUT2D eigenvalue weighted by atomic mass is 10.1. The molecule has 0 spiro atoms. The van der Waals surface area contributed by atoms with Crippen LogP contribution in [0.5, 0.6) is 0 Å². The zero-order valence-corrected chi connectivity index (χ0v) is 18.2. The summed E-state index contributed by atoms with van der Waals surface area (Å²) in [5.41, 5.74) is 0. The first-order chi connectivity index (χ1) is 14.4. The molecule has 0 aromatic heterocycles. The molecule has 4 aliphatic heterocycles. The van der Waals surface area contributed by atoms with Crippen molar-refractivity contribution in [1.82, 2.24) is 19.4 Å². The molecule has 0 aromatic carbocycles. The Bertz CT molecular complexity index is 760. The predicted molar refractivity (Wildman–Crippen MR) is 111 cm³/mol. The number of piperidine rings is 2. The summed E-state index contributed by atoms with van der Waals surface area (Å²) in [6, 6.07) is 0.0577. The maximum Gasteiger partial charge on any atom is 0.319 e. The van der Waals surface area contributed by atoms with Crippen LogP contribution in [0.15, 0.2) is 12.7 Å². The van der Waals surface area contributed by atoms with Crippen molar-refractivity contribution in [3.8, 4) is 0 Å². The van der Waals surface area contributed by atoms with Gasteiger partial charge in [-0.25, -0.2) is 13.2 Å². The highest BCUT2D eigenvalue weighted by Gasteiger charge is 2.48. The first-order valence-electron chi connectivity index (χ1n) is 11.0. The van der Waals surface area contributed by atoms with E-state index in [9.17, 15) is 18.0 Å². The first-order valence-corrected chi connectivity index (χ1v) is 12.5. The maximum atomic E-state index is 13.2. The second-order valence-electron chi connectivity index (χ2n) is 8.75. The molecule has 3 unspecified atom stereocenters. The molecular weight excluding hydrogens is 408 g/mol. The predicted octanol–water partition coefficient (Wildman–Crippen LogP) is 0.736. The molecule has 0 aliphatic carbocycles. The summed E-state index contributed by atoms with van der Waals surface area (Å²) in [5.74, 6) is -0.189. The molecule has 0 radical (unpaired) electrons. The van der Waals surface area contributed by atoms with E-state index in [0.29, 0.717) is 45.4 Å². The van der Waals surface area contributed by atoms with Gasteiger partial charge < -0.3 is 19.9 Å². The van der Waals surface area contributed by atoms with E-state index in [2.05, 4.69) is 11.9 Å². The fourth-order valence-corrected chi connectivity index (χ4v) is 7.07. The van der Waals surface area contributed by atoms with Gasteiger partial charge in [-0.3, -0.25) is 4.79 Å². The van der Waals surface area contributed by atoms with Crippen LogP contribution in [0.2, 0.25) is 0 Å². The molecule has 4 rings (SSSR count). The van der Waals surface area contributed by atoms with E-state index < -0.39 is 15.3 Å². The monoisotopic (exact) mass is 440 g/mol. The molecule has 0 aromatic rings. The van der Waals surface area contributed by atoms with E-state index in [4.69, 9.17) is 4.74 Å². The van der Waals surface area contributed by atoms with Crippen LogP contribution in [-0.4, -0.2) is 91.3 Å². The number of carbonyl (C=O) groups excluding carboxylic acids is 2. The number of hydrogen-bond donors (Lipinski definition) is 1. The van der Waals surface area contributed by atoms with Crippen molar-refractivity contribution in [2.45, 2.75) is 56.1 Å². The quantitative estimate of drug-likeness (QED) is 0.650. The lowest BCUT2D eigenvalue weighted by Gasteiger charge is -2.37. The second kappa shape index (κ2) is 8.84. The van der Waals surface area contributed by atoms with E-state index in [1.165, 1.54) is 12.5 Å². The third kappa shape index (κ3) is 4.36. The number of nitrogens with zero attached hydrogens (tertiary/aromatic N) is 3. The van der Waals surface area contributed by atoms with Crippen molar-refractivity contribution < 1.29 is 22.7 Å². The molecular formula is C20H32N4O5S. The maximum absolute atomic E-state index is 13.2. The number of ether oxygens (including phenoxy) is 1. The van der Waals surface area contributed by atoms with Gasteiger partial charge in [-0.2, -0.15) is 4.31 Å². The SMILES string of the molecule is C=CC(=O)NC1CC2CN(S(=O)(=O)C3CCN(C(=O)N4CCCCC4)CC3)CC2O1. The minimum absolute atomic E-state index is 0.0577. The van der Waals surface area contributed by atoms with Crippen molar-refractivity contribution in [3.05, 3.63) is 12.7 Å². The van der Waals surface area contributed by atoms with Crippen LogP contribution in [0.25, 0.3) is 0 Å². The third-order valence-corrected chi connectivity index (χ3v) is 9.14. The van der Waals surface area contributed by atoms with Crippen molar-refractivity contribution in [3.63, 3.8) is 0 Å². The summed E-state index contributed by atoms with van der Waals surface area (Å²) in [6.07, 6.45) is 5.49. The van der Waals surface area contributed by atoms with Gasteiger partial charge in [-0.15, -0.1) is 0 Å². The van der Waals surface area contributed by atoms with Crippen LogP contribution >= 0.6 is 0 Å². The van der Waals surface area contributed by atoms with E-state index in [1.54, 1.807) is 4.31 Å². The third-order valence-electron chi connectivity index (χ3n) is 6.81. The number of hydrogen-bond acceptors (Lipinski definition) is 5. The molecule has 4 heterocycles. The topological polar surface area (TPSA) is 99.3 Å². The molecule has 30 heavy (non-hydrogen) atoms. The summed E-state index contributed by atoms with van der Waals surface area (Å²) in [5, 5.41) is 2.28. The van der Waals surface area contributed by atoms with Gasteiger partial charge >= 0.3 is 6.03 Å². The Hall–Kier alpha value is -1.65. The fraction of sp³-hybridized carbons (Fsp3) is 0.800. The number of rotatable bonds is 4. The van der Waals surface area contributed by atoms with E-state index in [-0.39, 0.29) is 30.2 Å². The van der Waals surface area contributed by atoms with Gasteiger partial charge in [-0.05, 0) is 44.6 Å². The number of likely N-dealkylation sites (tertiary alicyclic amines) is 2. The Labute approximate surface area is 178 Å². The fourth-order valence-electron chi connectivity index (χ4n) is 5.08. The Morgan fingerprint density at radius 2 is 1.67 bits per heavy atom. The standard InChI is InChI=1S/C20H32N4O5S/c1-2-18(25)21-19-12-15-13-24(14-17(15)29-19)30(27,28)16-6-10-23(11-7-16)20(26)22-8-4-3-5-9-22/h2,15-17,19H,1,3-14H2,(H,21,25). The molecule has 1 N–H and O–H groups in total. The van der Waals surface area contributed by atoms with Crippen molar-refractivity contribution in [1.29, 1.82) is 0 Å². The van der Waals surface area contributed by atoms with Gasteiger partial charge in [0.15, 0.2) is 0 Å². The Morgan fingerprint density at radius 3 is 2.30 bits per heavy atom. The highest BCUT2D eigenvalue weighted by Crippen LogP contribution is 2.35. The van der Waals surface area contributed by atoms with Crippen LogP contribution in [0.4, 0.5) is 4.79 Å². The van der Waals surface area contributed by atoms with Crippen molar-refractivity contribution >= 4 is 22.0 Å². The summed E-state index contributed by atoms with van der Waals surface area (Å²) in [4.78, 5) is 27.8. The van der Waals surface area contributed by atoms with Crippen LogP contribution in [0, 0.1) is 5.92 Å². The van der Waals surface area contributed by atoms with Crippen LogP contribution in [0.3, 0.4) is 0 Å². The molecule has 4 saturated heterocycles. The van der Waals surface area contributed by atoms with Gasteiger partial charge in [-0.1, -0.05) is 6.58 Å². The Morgan fingerprint density at radius 1 is 1.00 bits per heavy atom. The molecule has 4 fully saturated rings. The normalized spacial score (nSPS) is 30.9. The first kappa shape index (κ1) is 21.6. The Kier molecular flexibility index (Phi) is 6.36. The minimum Gasteiger partial charge on any atom is -0.354 e. The molecule has 0 bridgehead atoms. The number of carbonyl (C=O) groups is 2. The van der Waals surface area contributed by atoms with Gasteiger partial charge in [0.2, 0.25) is 15.9 Å². The molecule has 9 nitrogen and oxygen atoms in total. The lowest BCUT2D eigenvalue weighted by molar-refractivity contribution is -0.120. The zero-order valence-electron chi connectivity index (χ0n) is 17.4. The van der Waals surface area contributed by atoms with E-state index in [1.807, 2.05) is 9.80 Å². The number of sulfonamides is 1. The smallest absolute Gasteiger partial charge is 0.319 e. The van der Waals surface area contributed by atoms with Crippen LogP contribution < -0.4 is 5.32 Å². The van der Waals surface area contributed by atoms with Gasteiger partial charge in [0.25, 0.3) is 0 Å². The summed E-state index contributed by atoms with van der Waals surface area (Å²) >= 11 is 0. The van der Waals surface area contributed by atoms with Crippen molar-refractivity contribution in [2.75, 3.05) is 39.3 Å².